The summed E-state index contributed by atoms with van der Waals surface area (Å²) in [4.78, 5) is 18.2. The molecule has 6 heteroatoms. The molecule has 1 aliphatic heterocycles. The first-order valence-electron chi connectivity index (χ1n) is 10.9. The molecule has 0 bridgehead atoms. The van der Waals surface area contributed by atoms with Crippen LogP contribution in [0.4, 0.5) is 10.2 Å². The van der Waals surface area contributed by atoms with Crippen molar-refractivity contribution >= 4 is 11.7 Å². The molecule has 0 radical (unpaired) electrons. The van der Waals surface area contributed by atoms with Crippen LogP contribution in [0.25, 0.3) is 11.3 Å². The number of phenolic OH excluding ortho intramolecular Hbond substituents is 1. The average Bonchev–Trinajstić information content (AvgIpc) is 3.39. The molecule has 2 aliphatic rings. The van der Waals surface area contributed by atoms with Crippen molar-refractivity contribution in [3.63, 3.8) is 0 Å². The van der Waals surface area contributed by atoms with E-state index in [0.717, 1.165) is 29.1 Å². The molecule has 0 saturated heterocycles. The summed E-state index contributed by atoms with van der Waals surface area (Å²) >= 11 is 0. The van der Waals surface area contributed by atoms with E-state index < -0.39 is 6.04 Å². The van der Waals surface area contributed by atoms with Crippen LogP contribution in [0.5, 0.6) is 5.75 Å². The molecule has 2 aromatic carbocycles. The lowest BCUT2D eigenvalue weighted by atomic mass is 10.0. The van der Waals surface area contributed by atoms with Gasteiger partial charge in [0, 0.05) is 18.4 Å². The fourth-order valence-corrected chi connectivity index (χ4v) is 4.67. The van der Waals surface area contributed by atoms with E-state index in [1.165, 1.54) is 37.8 Å². The molecule has 158 valence electrons. The first kappa shape index (κ1) is 19.7. The van der Waals surface area contributed by atoms with Crippen molar-refractivity contribution < 1.29 is 18.9 Å². The minimum atomic E-state index is -0.412. The number of hydrogen-bond donors (Lipinski definition) is 2. The number of aromatic nitrogens is 2. The number of hydrogen-bond acceptors (Lipinski definition) is 4. The third-order valence-corrected chi connectivity index (χ3v) is 6.34. The first-order valence-corrected chi connectivity index (χ1v) is 10.9. The van der Waals surface area contributed by atoms with Gasteiger partial charge in [-0.05, 0) is 47.9 Å². The van der Waals surface area contributed by atoms with Crippen LogP contribution in [0, 0.1) is 11.7 Å². The van der Waals surface area contributed by atoms with Crippen molar-refractivity contribution in [3.8, 4) is 17.0 Å². The zero-order chi connectivity index (χ0) is 21.4. The molecule has 1 aliphatic carbocycles. The summed E-state index contributed by atoms with van der Waals surface area (Å²) < 4.78 is 14.9. The fourth-order valence-electron chi connectivity index (χ4n) is 4.67. The van der Waals surface area contributed by atoms with E-state index >= 15 is 0 Å². The monoisotopic (exact) mass is 418 g/mol. The highest BCUT2D eigenvalue weighted by atomic mass is 19.1. The molecule has 1 unspecified atom stereocenters. The van der Waals surface area contributed by atoms with E-state index in [0.29, 0.717) is 18.0 Å². The summed E-state index contributed by atoms with van der Waals surface area (Å²) in [5, 5.41) is 13.0. The predicted octanol–water partition coefficient (Wildman–Crippen LogP) is 4.29. The number of aromatic hydroxyl groups is 1. The number of nitrogens with one attached hydrogen (secondary N) is 1. The van der Waals surface area contributed by atoms with Crippen molar-refractivity contribution in [1.82, 2.24) is 4.98 Å². The molecule has 31 heavy (non-hydrogen) atoms. The standard InChI is InChI=1S/C25H24FN3O2/c26-19-9-5-17(6-10-19)14-22-25(31)29-15-23(18-7-11-20(30)12-8-18)27-21(24(29)28-22)13-16-3-1-2-4-16/h5-12,15-16,22,30H,1-4,13-14H2/p+1. The summed E-state index contributed by atoms with van der Waals surface area (Å²) in [6.45, 7) is 0. The van der Waals surface area contributed by atoms with Crippen LogP contribution in [0.15, 0.2) is 54.7 Å². The van der Waals surface area contributed by atoms with E-state index in [2.05, 4.69) is 5.32 Å². The molecular weight excluding hydrogens is 393 g/mol. The summed E-state index contributed by atoms with van der Waals surface area (Å²) in [6, 6.07) is 12.8. The minimum Gasteiger partial charge on any atom is -0.508 e. The van der Waals surface area contributed by atoms with Gasteiger partial charge in [-0.15, -0.1) is 0 Å². The Kier molecular flexibility index (Phi) is 5.14. The van der Waals surface area contributed by atoms with Crippen LogP contribution in [0.2, 0.25) is 0 Å². The highest BCUT2D eigenvalue weighted by Crippen LogP contribution is 2.31. The van der Waals surface area contributed by atoms with E-state index in [4.69, 9.17) is 4.98 Å². The van der Waals surface area contributed by atoms with Gasteiger partial charge >= 0.3 is 11.7 Å². The maximum Gasteiger partial charge on any atom is 0.359 e. The predicted molar refractivity (Wildman–Crippen MR) is 115 cm³/mol. The molecule has 5 nitrogen and oxygen atoms in total. The number of benzene rings is 2. The van der Waals surface area contributed by atoms with Crippen LogP contribution >= 0.6 is 0 Å². The van der Waals surface area contributed by atoms with Crippen LogP contribution in [-0.2, 0) is 12.8 Å². The van der Waals surface area contributed by atoms with Crippen molar-refractivity contribution in [2.24, 2.45) is 5.92 Å². The normalized spacial score (nSPS) is 18.2. The fraction of sp³-hybridized carbons (Fsp3) is 0.320. The smallest absolute Gasteiger partial charge is 0.359 e. The van der Waals surface area contributed by atoms with Crippen molar-refractivity contribution in [1.29, 1.82) is 0 Å². The number of carbonyl (C=O) groups is 1. The molecular formula is C25H25FN3O2+. The van der Waals surface area contributed by atoms with Gasteiger partial charge in [0.2, 0.25) is 0 Å². The van der Waals surface area contributed by atoms with Crippen LogP contribution in [0.1, 0.15) is 41.7 Å². The van der Waals surface area contributed by atoms with Gasteiger partial charge in [0.25, 0.3) is 0 Å². The number of nitrogens with zero attached hydrogens (tertiary/aromatic N) is 2. The Bertz CT molecular complexity index is 1110. The zero-order valence-electron chi connectivity index (χ0n) is 17.2. The Labute approximate surface area is 180 Å². The number of fused-ring (bicyclic) bond motifs is 1. The Balaban J connectivity index is 1.50. The maximum absolute atomic E-state index is 13.3. The molecule has 5 rings (SSSR count). The van der Waals surface area contributed by atoms with Crippen LogP contribution in [0.3, 0.4) is 0 Å². The van der Waals surface area contributed by atoms with Gasteiger partial charge in [-0.3, -0.25) is 5.32 Å². The molecule has 1 fully saturated rings. The van der Waals surface area contributed by atoms with Gasteiger partial charge in [0.1, 0.15) is 29.2 Å². The largest absolute Gasteiger partial charge is 0.508 e. The molecule has 3 aromatic rings. The highest BCUT2D eigenvalue weighted by molar-refractivity contribution is 5.82. The number of anilines is 1. The lowest BCUT2D eigenvalue weighted by Crippen LogP contribution is -2.44. The second-order valence-corrected chi connectivity index (χ2v) is 8.56. The van der Waals surface area contributed by atoms with Crippen molar-refractivity contribution in [3.05, 3.63) is 71.8 Å². The van der Waals surface area contributed by atoms with Gasteiger partial charge < -0.3 is 5.11 Å². The second kappa shape index (κ2) is 8.10. The Morgan fingerprint density at radius 1 is 1.03 bits per heavy atom. The van der Waals surface area contributed by atoms with E-state index in [1.807, 2.05) is 12.1 Å². The van der Waals surface area contributed by atoms with Gasteiger partial charge in [-0.2, -0.15) is 4.57 Å². The number of carbonyl (C=O) groups excluding carboxylic acids is 1. The van der Waals surface area contributed by atoms with Crippen LogP contribution < -0.4 is 9.88 Å². The molecule has 1 saturated carbocycles. The summed E-state index contributed by atoms with van der Waals surface area (Å²) in [6.07, 6.45) is 7.98. The van der Waals surface area contributed by atoms with E-state index in [-0.39, 0.29) is 17.5 Å². The lowest BCUT2D eigenvalue weighted by molar-refractivity contribution is -0.552. The SMILES string of the molecule is O=C1C(Cc2ccc(F)cc2)Nc2c(CC3CCCC3)nc(-c3ccc(O)cc3)c[n+]21. The van der Waals surface area contributed by atoms with Gasteiger partial charge in [0.15, 0.2) is 6.04 Å². The van der Waals surface area contributed by atoms with Crippen molar-refractivity contribution in [2.75, 3.05) is 5.32 Å². The Morgan fingerprint density at radius 3 is 2.45 bits per heavy atom. The third-order valence-electron chi connectivity index (χ3n) is 6.34. The summed E-state index contributed by atoms with van der Waals surface area (Å²) in [7, 11) is 0. The third kappa shape index (κ3) is 4.02. The Morgan fingerprint density at radius 2 is 1.74 bits per heavy atom. The number of halogens is 1. The van der Waals surface area contributed by atoms with Crippen molar-refractivity contribution in [2.45, 2.75) is 44.6 Å². The molecule has 2 heterocycles. The van der Waals surface area contributed by atoms with Gasteiger partial charge in [-0.25, -0.2) is 14.2 Å². The zero-order valence-corrected chi connectivity index (χ0v) is 17.2. The molecule has 1 atom stereocenters. The molecule has 0 spiro atoms. The van der Waals surface area contributed by atoms with E-state index in [9.17, 15) is 14.3 Å². The number of rotatable bonds is 5. The van der Waals surface area contributed by atoms with Gasteiger partial charge in [-0.1, -0.05) is 37.8 Å². The van der Waals surface area contributed by atoms with Gasteiger partial charge in [0.05, 0.1) is 0 Å². The maximum atomic E-state index is 13.3. The quantitative estimate of drug-likeness (QED) is 0.607. The first-order chi connectivity index (χ1) is 15.1. The van der Waals surface area contributed by atoms with E-state index in [1.54, 1.807) is 35.0 Å². The highest BCUT2D eigenvalue weighted by Gasteiger charge is 2.41. The van der Waals surface area contributed by atoms with Crippen LogP contribution in [-0.4, -0.2) is 22.0 Å². The molecule has 2 N–H and O–H groups in total. The minimum absolute atomic E-state index is 0.0329. The summed E-state index contributed by atoms with van der Waals surface area (Å²) in [5.74, 6) is 1.23. The topological polar surface area (TPSA) is 66.1 Å². The second-order valence-electron chi connectivity index (χ2n) is 8.56. The average molecular weight is 418 g/mol. The summed E-state index contributed by atoms with van der Waals surface area (Å²) in [5.41, 5.74) is 3.39. The molecule has 1 aromatic heterocycles. The Hall–Kier alpha value is -3.28. The molecule has 0 amide bonds. The number of phenols is 1. The lowest BCUT2D eigenvalue weighted by Gasteiger charge is -2.11.